The lowest BCUT2D eigenvalue weighted by Gasteiger charge is -2.31. The molecule has 0 aromatic heterocycles. The fourth-order valence-electron chi connectivity index (χ4n) is 3.49. The third-order valence-corrected chi connectivity index (χ3v) is 4.71. The first-order valence-electron chi connectivity index (χ1n) is 6.00. The van der Waals surface area contributed by atoms with Crippen LogP contribution in [0.25, 0.3) is 0 Å². The molecule has 4 atom stereocenters. The predicted molar refractivity (Wildman–Crippen MR) is 70.6 cm³/mol. The normalized spacial score (nSPS) is 35.2. The molecule has 3 aliphatic rings. The predicted octanol–water partition coefficient (Wildman–Crippen LogP) is 1.46. The molecule has 5 heteroatoms. The second-order valence-electron chi connectivity index (χ2n) is 5.06. The molecule has 0 radical (unpaired) electrons. The molecule has 19 heavy (non-hydrogen) atoms. The number of hydrogen-bond donors (Lipinski definition) is 2. The molecular formula is C14H10N2O2S. The Morgan fingerprint density at radius 1 is 1.26 bits per heavy atom. The molecule has 0 amide bonds. The van der Waals surface area contributed by atoms with Crippen LogP contribution in [0, 0.1) is 40.4 Å². The molecule has 3 aliphatic carbocycles. The Morgan fingerprint density at radius 3 is 2.37 bits per heavy atom. The second kappa shape index (κ2) is 4.06. The van der Waals surface area contributed by atoms with Crippen LogP contribution >= 0.6 is 12.6 Å². The van der Waals surface area contributed by atoms with Crippen LogP contribution in [-0.4, -0.2) is 17.4 Å². The van der Waals surface area contributed by atoms with Gasteiger partial charge in [-0.2, -0.15) is 5.26 Å². The topological polar surface area (TPSA) is 81.8 Å². The van der Waals surface area contributed by atoms with Gasteiger partial charge in [0, 0.05) is 11.8 Å². The minimum atomic E-state index is -0.384. The van der Waals surface area contributed by atoms with E-state index >= 15 is 0 Å². The van der Waals surface area contributed by atoms with Gasteiger partial charge in [-0.3, -0.25) is 15.0 Å². The number of hydrogen-bond acceptors (Lipinski definition) is 5. The second-order valence-corrected chi connectivity index (χ2v) is 5.51. The van der Waals surface area contributed by atoms with Crippen LogP contribution in [0.3, 0.4) is 0 Å². The van der Waals surface area contributed by atoms with E-state index in [1.54, 1.807) is 6.07 Å². The lowest BCUT2D eigenvalue weighted by molar-refractivity contribution is -0.130. The third kappa shape index (κ3) is 1.45. The number of fused-ring (bicyclic) bond motifs is 5. The Balaban J connectivity index is 2.16. The molecule has 94 valence electrons. The van der Waals surface area contributed by atoms with Crippen molar-refractivity contribution in [3.8, 4) is 6.07 Å². The van der Waals surface area contributed by atoms with Crippen molar-refractivity contribution in [1.82, 2.24) is 0 Å². The maximum Gasteiger partial charge on any atom is 0.174 e. The molecule has 1 fully saturated rings. The number of carbonyl (C=O) groups is 2. The number of nitrogens with zero attached hydrogens (tertiary/aromatic N) is 1. The van der Waals surface area contributed by atoms with Gasteiger partial charge in [-0.05, 0) is 24.1 Å². The quantitative estimate of drug-likeness (QED) is 0.327. The zero-order valence-corrected chi connectivity index (χ0v) is 10.8. The molecule has 1 N–H and O–H groups in total. The van der Waals surface area contributed by atoms with Gasteiger partial charge in [0.2, 0.25) is 0 Å². The summed E-state index contributed by atoms with van der Waals surface area (Å²) in [7, 11) is 0. The van der Waals surface area contributed by atoms with E-state index in [0.29, 0.717) is 0 Å². The summed E-state index contributed by atoms with van der Waals surface area (Å²) < 4.78 is 0. The highest BCUT2D eigenvalue weighted by atomic mass is 32.1. The highest BCUT2D eigenvalue weighted by Gasteiger charge is 2.55. The van der Waals surface area contributed by atoms with E-state index < -0.39 is 0 Å². The number of nitrogens with one attached hydrogen (secondary N) is 1. The summed E-state index contributed by atoms with van der Waals surface area (Å²) in [5, 5.41) is 16.0. The molecule has 4 nitrogen and oxygen atoms in total. The van der Waals surface area contributed by atoms with Gasteiger partial charge in [0.1, 0.15) is 11.6 Å². The standard InChI is InChI=1S/C14H10N2O2S/c15-4-8(5-16)11-12(17)9-6-1-2-7(3-6)10(9)13(18)14(11)19/h1-2,6-7,9-10,15,19H,3H2/t6-,7+,9?,10?/m1/s1. The van der Waals surface area contributed by atoms with E-state index in [-0.39, 0.29) is 51.3 Å². The van der Waals surface area contributed by atoms with E-state index in [2.05, 4.69) is 12.6 Å². The summed E-state index contributed by atoms with van der Waals surface area (Å²) >= 11 is 4.12. The molecule has 3 rings (SSSR count). The minimum absolute atomic E-state index is 0.0171. The van der Waals surface area contributed by atoms with Gasteiger partial charge in [-0.25, -0.2) is 0 Å². The van der Waals surface area contributed by atoms with E-state index in [0.717, 1.165) is 6.42 Å². The Hall–Kier alpha value is -1.89. The van der Waals surface area contributed by atoms with Crippen molar-refractivity contribution in [3.63, 3.8) is 0 Å². The molecule has 0 aromatic rings. The largest absolute Gasteiger partial charge is 0.294 e. The Morgan fingerprint density at radius 2 is 1.84 bits per heavy atom. The third-order valence-electron chi connectivity index (χ3n) is 4.27. The van der Waals surface area contributed by atoms with Gasteiger partial charge in [0.15, 0.2) is 11.6 Å². The van der Waals surface area contributed by atoms with Crippen molar-refractivity contribution in [2.45, 2.75) is 6.42 Å². The Labute approximate surface area is 115 Å². The van der Waals surface area contributed by atoms with Crippen LogP contribution in [0.4, 0.5) is 0 Å². The maximum atomic E-state index is 12.5. The number of thiol groups is 1. The molecule has 0 aromatic carbocycles. The fourth-order valence-corrected chi connectivity index (χ4v) is 3.86. The van der Waals surface area contributed by atoms with E-state index in [9.17, 15) is 9.59 Å². The number of nitriles is 1. The minimum Gasteiger partial charge on any atom is -0.294 e. The highest BCUT2D eigenvalue weighted by molar-refractivity contribution is 7.85. The van der Waals surface area contributed by atoms with Crippen LogP contribution in [-0.2, 0) is 9.59 Å². The molecule has 2 unspecified atom stereocenters. The van der Waals surface area contributed by atoms with Crippen molar-refractivity contribution in [1.29, 1.82) is 10.7 Å². The highest BCUT2D eigenvalue weighted by Crippen LogP contribution is 2.53. The smallest absolute Gasteiger partial charge is 0.174 e. The van der Waals surface area contributed by atoms with Crippen LogP contribution in [0.1, 0.15) is 6.42 Å². The summed E-state index contributed by atoms with van der Waals surface area (Å²) in [5.74, 6) is 1.00. The number of Topliss-reactive ketones (excluding diaryl/α,β-unsaturated/α-hetero) is 2. The summed E-state index contributed by atoms with van der Waals surface area (Å²) in [4.78, 5) is 24.9. The van der Waals surface area contributed by atoms with E-state index in [4.69, 9.17) is 10.7 Å². The van der Waals surface area contributed by atoms with Gasteiger partial charge in [-0.15, -0.1) is 12.6 Å². The van der Waals surface area contributed by atoms with Gasteiger partial charge in [0.25, 0.3) is 0 Å². The van der Waals surface area contributed by atoms with Gasteiger partial charge < -0.3 is 0 Å². The first kappa shape index (κ1) is 12.2. The van der Waals surface area contributed by atoms with E-state index in [1.807, 2.05) is 18.0 Å². The van der Waals surface area contributed by atoms with Crippen LogP contribution in [0.15, 0.2) is 28.2 Å². The lowest BCUT2D eigenvalue weighted by Crippen LogP contribution is -2.39. The SMILES string of the molecule is N#CC(=C=N)C1=C(S)C(=O)C2C(C1=O)[C@@H]1C=C[C@H]2C1. The number of allylic oxidation sites excluding steroid dienone is 5. The Bertz CT molecular complexity index is 661. The van der Waals surface area contributed by atoms with Crippen LogP contribution < -0.4 is 0 Å². The molecule has 0 aliphatic heterocycles. The average molecular weight is 270 g/mol. The van der Waals surface area contributed by atoms with E-state index in [1.165, 1.54) is 0 Å². The molecule has 0 spiro atoms. The molecule has 0 saturated heterocycles. The number of carbonyl (C=O) groups excluding carboxylic acids is 2. The van der Waals surface area contributed by atoms with Crippen molar-refractivity contribution < 1.29 is 9.59 Å². The average Bonchev–Trinajstić information content (AvgIpc) is 3.01. The number of rotatable bonds is 1. The van der Waals surface area contributed by atoms with Crippen molar-refractivity contribution >= 4 is 30.1 Å². The molecular weight excluding hydrogens is 260 g/mol. The van der Waals surface area contributed by atoms with Gasteiger partial charge in [-0.1, -0.05) is 12.2 Å². The Kier molecular flexibility index (Phi) is 2.60. The zero-order valence-electron chi connectivity index (χ0n) is 9.88. The van der Waals surface area contributed by atoms with Crippen molar-refractivity contribution in [2.24, 2.45) is 23.7 Å². The maximum absolute atomic E-state index is 12.5. The van der Waals surface area contributed by atoms with Gasteiger partial charge in [0.05, 0.1) is 10.5 Å². The summed E-state index contributed by atoms with van der Waals surface area (Å²) in [6.45, 7) is 0. The fraction of sp³-hybridized carbons (Fsp3) is 0.357. The van der Waals surface area contributed by atoms with Crippen LogP contribution in [0.5, 0.6) is 0 Å². The zero-order chi connectivity index (χ0) is 13.7. The summed E-state index contributed by atoms with van der Waals surface area (Å²) in [5.41, 5.74) is -0.221. The summed E-state index contributed by atoms with van der Waals surface area (Å²) in [6.07, 6.45) is 4.80. The summed E-state index contributed by atoms with van der Waals surface area (Å²) in [6, 6.07) is 1.75. The number of ketones is 2. The first-order valence-corrected chi connectivity index (χ1v) is 6.45. The molecule has 0 heterocycles. The lowest BCUT2D eigenvalue weighted by atomic mass is 9.71. The monoisotopic (exact) mass is 270 g/mol. The van der Waals surface area contributed by atoms with Crippen molar-refractivity contribution in [3.05, 3.63) is 28.2 Å². The van der Waals surface area contributed by atoms with Crippen LogP contribution in [0.2, 0.25) is 0 Å². The van der Waals surface area contributed by atoms with Gasteiger partial charge >= 0.3 is 0 Å². The molecule has 1 saturated carbocycles. The molecule has 2 bridgehead atoms. The first-order chi connectivity index (χ1) is 9.10. The van der Waals surface area contributed by atoms with Crippen molar-refractivity contribution in [2.75, 3.05) is 0 Å².